The minimum atomic E-state index is 0.561. The van der Waals surface area contributed by atoms with E-state index >= 15 is 0 Å². The molecule has 4 heteroatoms. The minimum Gasteiger partial charge on any atom is -0.385 e. The van der Waals surface area contributed by atoms with Gasteiger partial charge in [-0.15, -0.1) is 11.3 Å². The molecule has 0 saturated heterocycles. The summed E-state index contributed by atoms with van der Waals surface area (Å²) in [7, 11) is 3.78. The van der Waals surface area contributed by atoms with E-state index in [1.54, 1.807) is 7.11 Å². The van der Waals surface area contributed by atoms with Gasteiger partial charge in [0.2, 0.25) is 0 Å². The van der Waals surface area contributed by atoms with Crippen LogP contribution < -0.4 is 5.32 Å². The predicted octanol–water partition coefficient (Wildman–Crippen LogP) is 3.07. The number of nitrogens with one attached hydrogen (secondary N) is 1. The zero-order chi connectivity index (χ0) is 11.1. The van der Waals surface area contributed by atoms with Gasteiger partial charge in [0, 0.05) is 24.6 Å². The molecule has 0 fully saturated rings. The molecule has 1 aromatic rings. The van der Waals surface area contributed by atoms with Gasteiger partial charge in [0.15, 0.2) is 0 Å². The zero-order valence-electron chi connectivity index (χ0n) is 9.25. The fourth-order valence-electron chi connectivity index (χ4n) is 1.53. The molecular weight excluding hydrogens is 274 g/mol. The van der Waals surface area contributed by atoms with E-state index in [9.17, 15) is 0 Å². The van der Waals surface area contributed by atoms with Crippen molar-refractivity contribution in [2.45, 2.75) is 25.3 Å². The Bertz CT molecular complexity index is 277. The van der Waals surface area contributed by atoms with E-state index < -0.39 is 0 Å². The maximum Gasteiger partial charge on any atom is 0.0701 e. The lowest BCUT2D eigenvalue weighted by Crippen LogP contribution is -2.27. The summed E-state index contributed by atoms with van der Waals surface area (Å²) in [5, 5.41) is 3.35. The van der Waals surface area contributed by atoms with Gasteiger partial charge in [0.1, 0.15) is 0 Å². The number of hydrogen-bond donors (Lipinski definition) is 1. The molecule has 15 heavy (non-hydrogen) atoms. The Morgan fingerprint density at radius 2 is 2.33 bits per heavy atom. The maximum atomic E-state index is 5.06. The van der Waals surface area contributed by atoms with Gasteiger partial charge in [0.05, 0.1) is 3.79 Å². The molecule has 2 nitrogen and oxygen atoms in total. The van der Waals surface area contributed by atoms with Crippen LogP contribution in [0.15, 0.2) is 15.9 Å². The lowest BCUT2D eigenvalue weighted by atomic mass is 10.1. The summed E-state index contributed by atoms with van der Waals surface area (Å²) in [6.07, 6.45) is 3.39. The molecule has 86 valence electrons. The van der Waals surface area contributed by atoms with E-state index in [-0.39, 0.29) is 0 Å². The highest BCUT2D eigenvalue weighted by Gasteiger charge is 2.08. The van der Waals surface area contributed by atoms with Crippen LogP contribution in [0.2, 0.25) is 0 Å². The molecule has 0 aliphatic carbocycles. The Labute approximate surface area is 104 Å². The summed E-state index contributed by atoms with van der Waals surface area (Å²) in [4.78, 5) is 1.43. The molecule has 0 aliphatic rings. The number of likely N-dealkylation sites (N-methyl/N-ethyl adjacent to an activating group) is 1. The highest BCUT2D eigenvalue weighted by Crippen LogP contribution is 2.23. The second kappa shape index (κ2) is 7.39. The molecule has 1 unspecified atom stereocenters. The fourth-order valence-corrected chi connectivity index (χ4v) is 3.09. The van der Waals surface area contributed by atoms with Gasteiger partial charge < -0.3 is 10.1 Å². The van der Waals surface area contributed by atoms with Gasteiger partial charge >= 0.3 is 0 Å². The van der Waals surface area contributed by atoms with Gasteiger partial charge in [-0.1, -0.05) is 0 Å². The van der Waals surface area contributed by atoms with Crippen LogP contribution in [0.5, 0.6) is 0 Å². The number of ether oxygens (including phenoxy) is 1. The van der Waals surface area contributed by atoms with Crippen LogP contribution in [0.25, 0.3) is 0 Å². The lowest BCUT2D eigenvalue weighted by molar-refractivity contribution is 0.189. The van der Waals surface area contributed by atoms with Crippen molar-refractivity contribution in [3.63, 3.8) is 0 Å². The molecule has 0 saturated carbocycles. The molecule has 0 bridgehead atoms. The fraction of sp³-hybridized carbons (Fsp3) is 0.636. The average molecular weight is 292 g/mol. The average Bonchev–Trinajstić information content (AvgIpc) is 2.63. The maximum absolute atomic E-state index is 5.06. The van der Waals surface area contributed by atoms with Gasteiger partial charge in [0.25, 0.3) is 0 Å². The first-order valence-electron chi connectivity index (χ1n) is 5.16. The van der Waals surface area contributed by atoms with Gasteiger partial charge in [-0.3, -0.25) is 0 Å². The molecule has 1 atom stereocenters. The lowest BCUT2D eigenvalue weighted by Gasteiger charge is -2.14. The van der Waals surface area contributed by atoms with Gasteiger partial charge in [-0.2, -0.15) is 0 Å². The Morgan fingerprint density at radius 1 is 1.53 bits per heavy atom. The van der Waals surface area contributed by atoms with Crippen LogP contribution in [0.1, 0.15) is 17.7 Å². The van der Waals surface area contributed by atoms with Crippen molar-refractivity contribution >= 4 is 27.3 Å². The molecule has 0 aromatic carbocycles. The van der Waals surface area contributed by atoms with Crippen LogP contribution >= 0.6 is 27.3 Å². The Hall–Kier alpha value is 0.1000. The summed E-state index contributed by atoms with van der Waals surface area (Å²) < 4.78 is 6.27. The largest absolute Gasteiger partial charge is 0.385 e. The van der Waals surface area contributed by atoms with E-state index in [2.05, 4.69) is 33.4 Å². The number of rotatable bonds is 7. The second-order valence-electron chi connectivity index (χ2n) is 3.53. The van der Waals surface area contributed by atoms with E-state index in [4.69, 9.17) is 4.74 Å². The molecule has 0 aliphatic heterocycles. The molecule has 1 aromatic heterocycles. The molecule has 0 amide bonds. The third-order valence-electron chi connectivity index (χ3n) is 2.39. The summed E-state index contributed by atoms with van der Waals surface area (Å²) in [6, 6.07) is 4.86. The predicted molar refractivity (Wildman–Crippen MR) is 69.7 cm³/mol. The van der Waals surface area contributed by atoms with Gasteiger partial charge in [-0.25, -0.2) is 0 Å². The molecular formula is C11H18BrNOS. The number of hydrogen-bond acceptors (Lipinski definition) is 3. The highest BCUT2D eigenvalue weighted by molar-refractivity contribution is 9.11. The summed E-state index contributed by atoms with van der Waals surface area (Å²) in [5.74, 6) is 0. The van der Waals surface area contributed by atoms with Crippen LogP contribution in [0, 0.1) is 0 Å². The van der Waals surface area contributed by atoms with Crippen molar-refractivity contribution in [1.82, 2.24) is 5.32 Å². The van der Waals surface area contributed by atoms with Crippen molar-refractivity contribution in [1.29, 1.82) is 0 Å². The van der Waals surface area contributed by atoms with Crippen LogP contribution in [0.3, 0.4) is 0 Å². The molecule has 0 radical (unpaired) electrons. The number of methoxy groups -OCH3 is 1. The molecule has 0 spiro atoms. The minimum absolute atomic E-state index is 0.561. The monoisotopic (exact) mass is 291 g/mol. The number of halogens is 1. The third kappa shape index (κ3) is 5.11. The van der Waals surface area contributed by atoms with Crippen LogP contribution in [-0.2, 0) is 11.2 Å². The molecule has 1 N–H and O–H groups in total. The normalized spacial score (nSPS) is 13.0. The third-order valence-corrected chi connectivity index (χ3v) is 4.03. The Kier molecular flexibility index (Phi) is 6.48. The molecule has 1 heterocycles. The molecule has 1 rings (SSSR count). The van der Waals surface area contributed by atoms with E-state index in [1.807, 2.05) is 18.4 Å². The van der Waals surface area contributed by atoms with E-state index in [1.165, 1.54) is 15.1 Å². The smallest absolute Gasteiger partial charge is 0.0701 e. The van der Waals surface area contributed by atoms with Crippen molar-refractivity contribution in [3.05, 3.63) is 20.8 Å². The first-order valence-corrected chi connectivity index (χ1v) is 6.77. The number of thiophene rings is 1. The standard InChI is InChI=1S/C11H18BrNOS/c1-13-9(4-3-7-14-2)8-10-5-6-11(12)15-10/h5-6,9,13H,3-4,7-8H2,1-2H3. The zero-order valence-corrected chi connectivity index (χ0v) is 11.7. The topological polar surface area (TPSA) is 21.3 Å². The van der Waals surface area contributed by atoms with E-state index in [0.717, 1.165) is 19.4 Å². The quantitative estimate of drug-likeness (QED) is 0.780. The van der Waals surface area contributed by atoms with Crippen molar-refractivity contribution in [2.24, 2.45) is 0 Å². The van der Waals surface area contributed by atoms with Gasteiger partial charge in [-0.05, 0) is 54.4 Å². The first-order chi connectivity index (χ1) is 7.26. The SMILES string of the molecule is CNC(CCCOC)Cc1ccc(Br)s1. The summed E-state index contributed by atoms with van der Waals surface area (Å²) >= 11 is 5.30. The van der Waals surface area contributed by atoms with Crippen LogP contribution in [-0.4, -0.2) is 26.8 Å². The highest BCUT2D eigenvalue weighted by atomic mass is 79.9. The van der Waals surface area contributed by atoms with Crippen molar-refractivity contribution in [2.75, 3.05) is 20.8 Å². The Morgan fingerprint density at radius 3 is 2.87 bits per heavy atom. The Balaban J connectivity index is 2.33. The van der Waals surface area contributed by atoms with E-state index in [0.29, 0.717) is 6.04 Å². The van der Waals surface area contributed by atoms with Crippen molar-refractivity contribution in [3.8, 4) is 0 Å². The summed E-state index contributed by atoms with van der Waals surface area (Å²) in [5.41, 5.74) is 0. The second-order valence-corrected chi connectivity index (χ2v) is 6.08. The van der Waals surface area contributed by atoms with Crippen molar-refractivity contribution < 1.29 is 4.74 Å². The summed E-state index contributed by atoms with van der Waals surface area (Å²) in [6.45, 7) is 0.853. The van der Waals surface area contributed by atoms with Crippen LogP contribution in [0.4, 0.5) is 0 Å². The first kappa shape index (κ1) is 13.2.